The molecule has 0 aliphatic carbocycles. The number of hydrogen-bond donors (Lipinski definition) is 2. The minimum absolute atomic E-state index is 0. The summed E-state index contributed by atoms with van der Waals surface area (Å²) in [5, 5.41) is 0. The van der Waals surface area contributed by atoms with E-state index in [2.05, 4.69) is 9.97 Å². The largest absolute Gasteiger partial charge is 0.382 e. The Hall–Kier alpha value is -1.16. The molecule has 8 heavy (non-hydrogen) atoms. The van der Waals surface area contributed by atoms with Crippen molar-refractivity contribution >= 4 is 5.82 Å². The number of nitrogens with two attached hydrogens (primary N) is 1. The van der Waals surface area contributed by atoms with Crippen LogP contribution in [0.3, 0.4) is 0 Å². The first-order valence-corrected chi connectivity index (χ1v) is 1.91. The van der Waals surface area contributed by atoms with Crippen molar-refractivity contribution in [2.45, 2.75) is 0 Å². The summed E-state index contributed by atoms with van der Waals surface area (Å²) >= 11 is 0. The summed E-state index contributed by atoms with van der Waals surface area (Å²) in [7, 11) is 0. The third-order valence-corrected chi connectivity index (χ3v) is 0.583. The van der Waals surface area contributed by atoms with E-state index >= 15 is 0 Å². The van der Waals surface area contributed by atoms with Crippen LogP contribution in [0.4, 0.5) is 5.82 Å². The predicted octanol–water partition coefficient (Wildman–Crippen LogP) is 0.221. The Bertz CT molecular complexity index is 138. The van der Waals surface area contributed by atoms with Crippen molar-refractivity contribution in [2.75, 3.05) is 5.73 Å². The number of aromatic nitrogens is 2. The molecule has 0 unspecified atom stereocenters. The normalized spacial score (nSPS) is 7.50. The molecule has 0 spiro atoms. The van der Waals surface area contributed by atoms with E-state index in [4.69, 9.17) is 5.73 Å². The fourth-order valence-electron chi connectivity index (χ4n) is 0.311. The predicted molar refractivity (Wildman–Crippen MR) is 31.5 cm³/mol. The Kier molecular flexibility index (Phi) is 2.50. The van der Waals surface area contributed by atoms with E-state index in [0.29, 0.717) is 5.82 Å². The number of nitrogen functional groups attached to an aromatic ring is 1. The Balaban J connectivity index is 0.000000490. The zero-order valence-corrected chi connectivity index (χ0v) is 4.41. The summed E-state index contributed by atoms with van der Waals surface area (Å²) in [6.07, 6.45) is 4.63. The Labute approximate surface area is 47.3 Å². The van der Waals surface area contributed by atoms with E-state index in [0.717, 1.165) is 0 Å². The Morgan fingerprint density at radius 2 is 2.12 bits per heavy atom. The first-order valence-electron chi connectivity index (χ1n) is 1.91. The lowest BCUT2D eigenvalue weighted by Gasteiger charge is -1.82. The highest BCUT2D eigenvalue weighted by atomic mass is 14.9. The summed E-state index contributed by atoms with van der Waals surface area (Å²) < 4.78 is 0. The Morgan fingerprint density at radius 3 is 2.38 bits per heavy atom. The van der Waals surface area contributed by atoms with Crippen LogP contribution in [-0.4, -0.2) is 9.97 Å². The van der Waals surface area contributed by atoms with Gasteiger partial charge < -0.3 is 11.9 Å². The molecule has 1 rings (SSSR count). The zero-order chi connectivity index (χ0) is 5.11. The van der Waals surface area contributed by atoms with Crippen LogP contribution in [0.2, 0.25) is 0 Å². The van der Waals surface area contributed by atoms with Gasteiger partial charge in [0.15, 0.2) is 0 Å². The van der Waals surface area contributed by atoms with Crippen LogP contribution in [0.1, 0.15) is 0 Å². The van der Waals surface area contributed by atoms with E-state index in [-0.39, 0.29) is 6.15 Å². The molecule has 44 valence electrons. The van der Waals surface area contributed by atoms with Gasteiger partial charge in [0.1, 0.15) is 5.82 Å². The molecule has 1 heterocycles. The van der Waals surface area contributed by atoms with Crippen LogP contribution in [-0.2, 0) is 0 Å². The minimum Gasteiger partial charge on any atom is -0.382 e. The molecule has 0 atom stereocenters. The molecular weight excluding hydrogens is 104 g/mol. The van der Waals surface area contributed by atoms with Crippen molar-refractivity contribution in [1.29, 1.82) is 0 Å². The van der Waals surface area contributed by atoms with Gasteiger partial charge in [-0.3, -0.25) is 4.98 Å². The first kappa shape index (κ1) is 6.84. The maximum absolute atomic E-state index is 5.18. The van der Waals surface area contributed by atoms with Gasteiger partial charge in [-0.1, -0.05) is 0 Å². The number of nitrogens with zero attached hydrogens (tertiary/aromatic N) is 2. The molecule has 0 aliphatic heterocycles. The van der Waals surface area contributed by atoms with Crippen LogP contribution in [0.15, 0.2) is 18.6 Å². The molecule has 4 heteroatoms. The molecule has 0 radical (unpaired) electrons. The zero-order valence-electron chi connectivity index (χ0n) is 4.41. The van der Waals surface area contributed by atoms with Crippen molar-refractivity contribution < 1.29 is 0 Å². The first-order chi connectivity index (χ1) is 3.39. The molecule has 0 amide bonds. The SMILES string of the molecule is N.Nc1cnccn1. The second-order valence-electron chi connectivity index (χ2n) is 1.13. The van der Waals surface area contributed by atoms with Gasteiger partial charge in [0.25, 0.3) is 0 Å². The topological polar surface area (TPSA) is 86.8 Å². The lowest BCUT2D eigenvalue weighted by Crippen LogP contribution is -1.87. The van der Waals surface area contributed by atoms with Crippen LogP contribution in [0.25, 0.3) is 0 Å². The van der Waals surface area contributed by atoms with Crippen LogP contribution < -0.4 is 11.9 Å². The van der Waals surface area contributed by atoms with Gasteiger partial charge in [-0.05, 0) is 0 Å². The molecule has 5 N–H and O–H groups in total. The van der Waals surface area contributed by atoms with E-state index < -0.39 is 0 Å². The lowest BCUT2D eigenvalue weighted by molar-refractivity contribution is 1.21. The molecule has 0 saturated carbocycles. The quantitative estimate of drug-likeness (QED) is 0.502. The van der Waals surface area contributed by atoms with Crippen molar-refractivity contribution in [1.82, 2.24) is 16.1 Å². The molecule has 1 aromatic heterocycles. The van der Waals surface area contributed by atoms with Gasteiger partial charge in [0, 0.05) is 12.4 Å². The Morgan fingerprint density at radius 1 is 1.38 bits per heavy atom. The van der Waals surface area contributed by atoms with E-state index in [1.54, 1.807) is 12.4 Å². The van der Waals surface area contributed by atoms with Crippen LogP contribution in [0.5, 0.6) is 0 Å². The van der Waals surface area contributed by atoms with Gasteiger partial charge in [0.2, 0.25) is 0 Å². The smallest absolute Gasteiger partial charge is 0.141 e. The fraction of sp³-hybridized carbons (Fsp3) is 0. The third kappa shape index (κ3) is 1.53. The molecule has 0 bridgehead atoms. The molecule has 1 aromatic rings. The van der Waals surface area contributed by atoms with Gasteiger partial charge in [-0.2, -0.15) is 0 Å². The maximum atomic E-state index is 5.18. The lowest BCUT2D eigenvalue weighted by atomic mass is 10.7. The van der Waals surface area contributed by atoms with Gasteiger partial charge >= 0.3 is 0 Å². The number of anilines is 1. The molecular formula is C4H8N4. The monoisotopic (exact) mass is 112 g/mol. The van der Waals surface area contributed by atoms with Crippen molar-refractivity contribution in [3.8, 4) is 0 Å². The summed E-state index contributed by atoms with van der Waals surface area (Å²) in [4.78, 5) is 7.39. The molecule has 0 aliphatic rings. The highest BCUT2D eigenvalue weighted by Gasteiger charge is 1.74. The number of rotatable bonds is 0. The fourth-order valence-corrected chi connectivity index (χ4v) is 0.311. The summed E-state index contributed by atoms with van der Waals surface area (Å²) in [5.74, 6) is 0.461. The van der Waals surface area contributed by atoms with Crippen molar-refractivity contribution in [3.05, 3.63) is 18.6 Å². The van der Waals surface area contributed by atoms with Crippen molar-refractivity contribution in [2.24, 2.45) is 0 Å². The highest BCUT2D eigenvalue weighted by molar-refractivity contribution is 5.20. The second kappa shape index (κ2) is 2.92. The van der Waals surface area contributed by atoms with E-state index in [1.165, 1.54) is 6.20 Å². The van der Waals surface area contributed by atoms with E-state index in [1.807, 2.05) is 0 Å². The van der Waals surface area contributed by atoms with Gasteiger partial charge in [-0.15, -0.1) is 0 Å². The van der Waals surface area contributed by atoms with Crippen LogP contribution in [0, 0.1) is 0 Å². The van der Waals surface area contributed by atoms with Gasteiger partial charge in [0.05, 0.1) is 6.20 Å². The summed E-state index contributed by atoms with van der Waals surface area (Å²) in [6.45, 7) is 0. The average molecular weight is 112 g/mol. The standard InChI is InChI=1S/C4H5N3.H3N/c5-4-3-6-1-2-7-4;/h1-3H,(H2,5,7);1H3. The molecule has 4 nitrogen and oxygen atoms in total. The summed E-state index contributed by atoms with van der Waals surface area (Å²) in [5.41, 5.74) is 5.18. The molecule has 0 saturated heterocycles. The number of hydrogen-bond acceptors (Lipinski definition) is 4. The third-order valence-electron chi connectivity index (χ3n) is 0.583. The average Bonchev–Trinajstić information content (AvgIpc) is 1.69. The van der Waals surface area contributed by atoms with Crippen molar-refractivity contribution in [3.63, 3.8) is 0 Å². The second-order valence-corrected chi connectivity index (χ2v) is 1.13. The highest BCUT2D eigenvalue weighted by Crippen LogP contribution is 1.84. The van der Waals surface area contributed by atoms with Gasteiger partial charge in [-0.25, -0.2) is 4.98 Å². The minimum atomic E-state index is 0. The molecule has 0 fully saturated rings. The maximum Gasteiger partial charge on any atom is 0.141 e. The molecule has 0 aromatic carbocycles. The summed E-state index contributed by atoms with van der Waals surface area (Å²) in [6, 6.07) is 0. The van der Waals surface area contributed by atoms with Crippen LogP contribution >= 0.6 is 0 Å². The van der Waals surface area contributed by atoms with E-state index in [9.17, 15) is 0 Å².